The van der Waals surface area contributed by atoms with Crippen LogP contribution in [-0.4, -0.2) is 83.2 Å². The maximum atomic E-state index is 12.8. The smallest absolute Gasteiger partial charge is 0.280 e. The summed E-state index contributed by atoms with van der Waals surface area (Å²) in [6.07, 6.45) is 0.553. The van der Waals surface area contributed by atoms with E-state index in [1.807, 2.05) is 19.1 Å². The number of benzene rings is 1. The number of carbonyl (C=O) groups excluding carboxylic acids is 1. The van der Waals surface area contributed by atoms with E-state index in [9.17, 15) is 13.2 Å². The van der Waals surface area contributed by atoms with Crippen LogP contribution in [0.15, 0.2) is 24.3 Å². The maximum Gasteiger partial charge on any atom is 0.280 e. The molecule has 0 unspecified atom stereocenters. The van der Waals surface area contributed by atoms with Gasteiger partial charge in [0.1, 0.15) is 5.75 Å². The number of hydrogen-bond acceptors (Lipinski definition) is 5. The monoisotopic (exact) mass is 396 g/mol. The highest BCUT2D eigenvalue weighted by molar-refractivity contribution is 7.91. The predicted molar refractivity (Wildman–Crippen MR) is 105 cm³/mol. The molecule has 0 spiro atoms. The first kappa shape index (κ1) is 19.9. The highest BCUT2D eigenvalue weighted by atomic mass is 32.2. The molecule has 27 heavy (non-hydrogen) atoms. The molecule has 2 fully saturated rings. The van der Waals surface area contributed by atoms with E-state index in [-0.39, 0.29) is 29.5 Å². The summed E-state index contributed by atoms with van der Waals surface area (Å²) in [5, 5.41) is 0. The van der Waals surface area contributed by atoms with Crippen molar-refractivity contribution in [1.29, 1.82) is 0 Å². The van der Waals surface area contributed by atoms with E-state index in [1.165, 1.54) is 10.6 Å². The second-order valence-electron chi connectivity index (χ2n) is 7.57. The Kier molecular flexibility index (Phi) is 5.95. The summed E-state index contributed by atoms with van der Waals surface area (Å²) in [6.45, 7) is 5.51. The van der Waals surface area contributed by atoms with Crippen LogP contribution in [0.1, 0.15) is 13.3 Å². The van der Waals surface area contributed by atoms with Gasteiger partial charge in [0.2, 0.25) is 0 Å². The third-order valence-corrected chi connectivity index (χ3v) is 7.68. The highest BCUT2D eigenvalue weighted by Gasteiger charge is 2.37. The number of quaternary nitrogens is 1. The van der Waals surface area contributed by atoms with Gasteiger partial charge >= 0.3 is 0 Å². The minimum absolute atomic E-state index is 0.0463. The van der Waals surface area contributed by atoms with Crippen molar-refractivity contribution in [2.75, 3.05) is 56.7 Å². The summed E-state index contributed by atoms with van der Waals surface area (Å²) < 4.78 is 28.6. The van der Waals surface area contributed by atoms with Crippen molar-refractivity contribution in [2.45, 2.75) is 25.4 Å². The van der Waals surface area contributed by atoms with Crippen molar-refractivity contribution in [3.05, 3.63) is 24.3 Å². The topological polar surface area (TPSA) is 71.4 Å². The Labute approximate surface area is 161 Å². The van der Waals surface area contributed by atoms with Crippen LogP contribution in [0.2, 0.25) is 0 Å². The fourth-order valence-electron chi connectivity index (χ4n) is 4.02. The predicted octanol–water partition coefficient (Wildman–Crippen LogP) is -0.566. The molecule has 2 aliphatic heterocycles. The van der Waals surface area contributed by atoms with Gasteiger partial charge < -0.3 is 19.4 Å². The zero-order chi connectivity index (χ0) is 19.6. The Balaban J connectivity index is 1.54. The summed E-state index contributed by atoms with van der Waals surface area (Å²) in [6, 6.07) is 7.72. The number of carbonyl (C=O) groups is 1. The third kappa shape index (κ3) is 4.55. The van der Waals surface area contributed by atoms with Crippen LogP contribution in [0.5, 0.6) is 5.75 Å². The fraction of sp³-hybridized carbons (Fsp3) is 0.632. The van der Waals surface area contributed by atoms with Crippen LogP contribution in [0.25, 0.3) is 0 Å². The third-order valence-electron chi connectivity index (χ3n) is 5.93. The number of hydrogen-bond donors (Lipinski definition) is 1. The fourth-order valence-corrected chi connectivity index (χ4v) is 5.79. The number of ether oxygens (including phenoxy) is 1. The summed E-state index contributed by atoms with van der Waals surface area (Å²) >= 11 is 0. The first-order chi connectivity index (χ1) is 12.8. The number of anilines is 1. The van der Waals surface area contributed by atoms with Crippen LogP contribution in [0, 0.1) is 0 Å². The Morgan fingerprint density at radius 3 is 2.41 bits per heavy atom. The molecule has 8 heteroatoms. The summed E-state index contributed by atoms with van der Waals surface area (Å²) in [4.78, 5) is 18.1. The van der Waals surface area contributed by atoms with Crippen LogP contribution < -0.4 is 14.5 Å². The molecule has 150 valence electrons. The van der Waals surface area contributed by atoms with E-state index in [4.69, 9.17) is 4.74 Å². The molecule has 2 saturated heterocycles. The quantitative estimate of drug-likeness (QED) is 0.722. The largest absolute Gasteiger partial charge is 0.497 e. The molecular formula is C19H30N3O4S+. The van der Waals surface area contributed by atoms with E-state index >= 15 is 0 Å². The lowest BCUT2D eigenvalue weighted by Crippen LogP contribution is -3.19. The molecule has 1 N–H and O–H groups in total. The standard InChI is InChI=1S/C19H29N3O4S/c1-15(19(23)20(2)17-8-13-27(24,25)14-17)21-9-11-22(12-10-21)16-4-6-18(26-3)7-5-16/h4-7,15,17H,8-14H2,1-3H3/p+1/t15-,17+/m0/s1. The number of piperazine rings is 1. The van der Waals surface area contributed by atoms with E-state index < -0.39 is 9.84 Å². The van der Waals surface area contributed by atoms with Gasteiger partial charge in [-0.2, -0.15) is 0 Å². The van der Waals surface area contributed by atoms with E-state index in [2.05, 4.69) is 17.0 Å². The first-order valence-electron chi connectivity index (χ1n) is 9.51. The van der Waals surface area contributed by atoms with Gasteiger partial charge in [-0.05, 0) is 37.6 Å². The lowest BCUT2D eigenvalue weighted by molar-refractivity contribution is -0.915. The molecule has 7 nitrogen and oxygen atoms in total. The van der Waals surface area contributed by atoms with E-state index in [0.717, 1.165) is 31.9 Å². The van der Waals surface area contributed by atoms with Crippen molar-refractivity contribution in [1.82, 2.24) is 4.90 Å². The molecule has 0 radical (unpaired) electrons. The van der Waals surface area contributed by atoms with Gasteiger partial charge in [-0.15, -0.1) is 0 Å². The molecule has 2 heterocycles. The molecule has 2 atom stereocenters. The van der Waals surface area contributed by atoms with E-state index in [1.54, 1.807) is 19.1 Å². The minimum Gasteiger partial charge on any atom is -0.497 e. The molecule has 1 aromatic rings. The number of rotatable bonds is 5. The van der Waals surface area contributed by atoms with Gasteiger partial charge in [-0.1, -0.05) is 0 Å². The summed E-state index contributed by atoms with van der Waals surface area (Å²) in [7, 11) is 0.424. The molecular weight excluding hydrogens is 366 g/mol. The van der Waals surface area contributed by atoms with Crippen LogP contribution >= 0.6 is 0 Å². The lowest BCUT2D eigenvalue weighted by Gasteiger charge is -2.37. The van der Waals surface area contributed by atoms with Crippen molar-refractivity contribution in [3.63, 3.8) is 0 Å². The van der Waals surface area contributed by atoms with Crippen LogP contribution in [0.4, 0.5) is 5.69 Å². The molecule has 0 aliphatic carbocycles. The van der Waals surface area contributed by atoms with Crippen molar-refractivity contribution >= 4 is 21.4 Å². The molecule has 0 bridgehead atoms. The molecule has 1 amide bonds. The van der Waals surface area contributed by atoms with Gasteiger partial charge in [0.25, 0.3) is 5.91 Å². The maximum absolute atomic E-state index is 12.8. The number of amides is 1. The van der Waals surface area contributed by atoms with Crippen LogP contribution in [-0.2, 0) is 14.6 Å². The van der Waals surface area contributed by atoms with Gasteiger partial charge in [0, 0.05) is 18.8 Å². The van der Waals surface area contributed by atoms with Crippen molar-refractivity contribution in [2.24, 2.45) is 0 Å². The lowest BCUT2D eigenvalue weighted by atomic mass is 10.1. The van der Waals surface area contributed by atoms with Gasteiger partial charge in [-0.25, -0.2) is 8.42 Å². The van der Waals surface area contributed by atoms with Crippen molar-refractivity contribution in [3.8, 4) is 5.75 Å². The molecule has 0 aromatic heterocycles. The number of sulfone groups is 1. The summed E-state index contributed by atoms with van der Waals surface area (Å²) in [5.41, 5.74) is 1.17. The SMILES string of the molecule is COc1ccc(N2CC[NH+]([C@@H](C)C(=O)N(C)[C@@H]3CCS(=O)(=O)C3)CC2)cc1. The number of nitrogens with one attached hydrogen (secondary N) is 1. The number of likely N-dealkylation sites (N-methyl/N-ethyl adjacent to an activating group) is 1. The molecule has 2 aliphatic rings. The second-order valence-corrected chi connectivity index (χ2v) is 9.80. The summed E-state index contributed by atoms with van der Waals surface area (Å²) in [5.74, 6) is 1.18. The second kappa shape index (κ2) is 8.06. The highest BCUT2D eigenvalue weighted by Crippen LogP contribution is 2.19. The van der Waals surface area contributed by atoms with E-state index in [0.29, 0.717) is 6.42 Å². The molecule has 3 rings (SSSR count). The zero-order valence-corrected chi connectivity index (χ0v) is 17.2. The zero-order valence-electron chi connectivity index (χ0n) is 16.3. The van der Waals surface area contributed by atoms with Crippen molar-refractivity contribution < 1.29 is 22.8 Å². The Hall–Kier alpha value is -1.80. The minimum atomic E-state index is -2.98. The average Bonchev–Trinajstić information content (AvgIpc) is 3.06. The molecule has 0 saturated carbocycles. The van der Waals surface area contributed by atoms with Gasteiger partial charge in [0.05, 0.1) is 44.8 Å². The average molecular weight is 397 g/mol. The normalized spacial score (nSPS) is 23.8. The Morgan fingerprint density at radius 1 is 1.26 bits per heavy atom. The van der Waals surface area contributed by atoms with Crippen LogP contribution in [0.3, 0.4) is 0 Å². The van der Waals surface area contributed by atoms with Gasteiger partial charge in [-0.3, -0.25) is 4.79 Å². The Bertz CT molecular complexity index is 758. The Morgan fingerprint density at radius 2 is 1.89 bits per heavy atom. The number of methoxy groups -OCH3 is 1. The molecule has 1 aromatic carbocycles. The number of nitrogens with zero attached hydrogens (tertiary/aromatic N) is 2. The van der Waals surface area contributed by atoms with Gasteiger partial charge in [0.15, 0.2) is 15.9 Å². The first-order valence-corrected chi connectivity index (χ1v) is 11.3.